The highest BCUT2D eigenvalue weighted by atomic mass is 35.5. The number of halogens is 4. The first-order valence-electron chi connectivity index (χ1n) is 9.34. The molecule has 30 heavy (non-hydrogen) atoms. The summed E-state index contributed by atoms with van der Waals surface area (Å²) in [4.78, 5) is 3.88. The molecule has 0 N–H and O–H groups in total. The molecule has 1 aromatic heterocycles. The van der Waals surface area contributed by atoms with Crippen LogP contribution in [0.1, 0.15) is 36.7 Å². The van der Waals surface area contributed by atoms with E-state index in [1.807, 2.05) is 24.3 Å². The van der Waals surface area contributed by atoms with Crippen molar-refractivity contribution in [3.63, 3.8) is 0 Å². The summed E-state index contributed by atoms with van der Waals surface area (Å²) in [5, 5.41) is 0. The van der Waals surface area contributed by atoms with E-state index in [1.165, 1.54) is 4.57 Å². The fourth-order valence-electron chi connectivity index (χ4n) is 2.96. The van der Waals surface area contributed by atoms with Crippen LogP contribution in [0.3, 0.4) is 0 Å². The van der Waals surface area contributed by atoms with E-state index in [4.69, 9.17) is 21.1 Å². The van der Waals surface area contributed by atoms with Gasteiger partial charge in [0.2, 0.25) is 0 Å². The van der Waals surface area contributed by atoms with Crippen LogP contribution in [-0.4, -0.2) is 16.7 Å². The zero-order chi connectivity index (χ0) is 21.9. The molecular formula is C22H22ClF3N2O2. The Hall–Kier alpha value is -2.67. The molecule has 1 heterocycles. The minimum Gasteiger partial charge on any atom is -0.497 e. The topological polar surface area (TPSA) is 36.3 Å². The predicted octanol–water partition coefficient (Wildman–Crippen LogP) is 6.48. The normalized spacial score (nSPS) is 11.7. The molecule has 0 aliphatic carbocycles. The number of benzene rings is 2. The molecule has 0 fully saturated rings. The van der Waals surface area contributed by atoms with Crippen LogP contribution in [-0.2, 0) is 18.7 Å². The number of nitrogens with zero attached hydrogens (tertiary/aromatic N) is 2. The van der Waals surface area contributed by atoms with Crippen LogP contribution in [0.4, 0.5) is 13.2 Å². The van der Waals surface area contributed by atoms with Crippen LogP contribution in [0.2, 0.25) is 0 Å². The van der Waals surface area contributed by atoms with E-state index in [-0.39, 0.29) is 24.4 Å². The lowest BCUT2D eigenvalue weighted by molar-refractivity contribution is -0.140. The molecule has 0 spiro atoms. The second-order valence-electron chi connectivity index (χ2n) is 7.05. The quantitative estimate of drug-likeness (QED) is 0.396. The molecule has 0 saturated heterocycles. The lowest BCUT2D eigenvalue weighted by Crippen LogP contribution is -2.05. The van der Waals surface area contributed by atoms with Crippen molar-refractivity contribution in [3.8, 4) is 22.9 Å². The Bertz CT molecular complexity index is 999. The van der Waals surface area contributed by atoms with Crippen molar-refractivity contribution in [2.75, 3.05) is 7.11 Å². The Morgan fingerprint density at radius 2 is 1.73 bits per heavy atom. The SMILES string of the molecule is COc1ccc(COc2cc(CCl)ccc2-c2nc(C(F)(F)F)cn2C(C)C)cc1. The molecular weight excluding hydrogens is 417 g/mol. The van der Waals surface area contributed by atoms with Gasteiger partial charge in [-0.25, -0.2) is 4.98 Å². The number of hydrogen-bond acceptors (Lipinski definition) is 3. The molecule has 3 aromatic rings. The summed E-state index contributed by atoms with van der Waals surface area (Å²) in [6.07, 6.45) is -3.50. The average Bonchev–Trinajstić information content (AvgIpc) is 3.18. The number of imidazole rings is 1. The summed E-state index contributed by atoms with van der Waals surface area (Å²) in [7, 11) is 1.58. The Morgan fingerprint density at radius 3 is 2.30 bits per heavy atom. The molecule has 8 heteroatoms. The number of ether oxygens (including phenoxy) is 2. The lowest BCUT2D eigenvalue weighted by Gasteiger charge is -2.16. The van der Waals surface area contributed by atoms with Crippen molar-refractivity contribution in [1.82, 2.24) is 9.55 Å². The first-order chi connectivity index (χ1) is 14.2. The van der Waals surface area contributed by atoms with E-state index >= 15 is 0 Å². The van der Waals surface area contributed by atoms with Gasteiger partial charge in [0.05, 0.1) is 12.7 Å². The fourth-order valence-corrected chi connectivity index (χ4v) is 3.13. The molecule has 2 aromatic carbocycles. The van der Waals surface area contributed by atoms with Crippen LogP contribution >= 0.6 is 11.6 Å². The zero-order valence-electron chi connectivity index (χ0n) is 16.8. The monoisotopic (exact) mass is 438 g/mol. The zero-order valence-corrected chi connectivity index (χ0v) is 17.6. The smallest absolute Gasteiger partial charge is 0.434 e. The number of rotatable bonds is 7. The molecule has 3 rings (SSSR count). The van der Waals surface area contributed by atoms with Crippen LogP contribution in [0.25, 0.3) is 11.4 Å². The van der Waals surface area contributed by atoms with Gasteiger partial charge in [-0.3, -0.25) is 0 Å². The van der Waals surface area contributed by atoms with Crippen LogP contribution < -0.4 is 9.47 Å². The van der Waals surface area contributed by atoms with E-state index in [0.717, 1.165) is 23.1 Å². The molecule has 0 aliphatic rings. The average molecular weight is 439 g/mol. The van der Waals surface area contributed by atoms with Gasteiger partial charge in [-0.05, 0) is 49.2 Å². The summed E-state index contributed by atoms with van der Waals surface area (Å²) in [5.74, 6) is 1.60. The van der Waals surface area contributed by atoms with Gasteiger partial charge in [-0.1, -0.05) is 18.2 Å². The Labute approximate surface area is 178 Å². The van der Waals surface area contributed by atoms with Gasteiger partial charge in [-0.15, -0.1) is 11.6 Å². The molecule has 160 valence electrons. The maximum absolute atomic E-state index is 13.3. The summed E-state index contributed by atoms with van der Waals surface area (Å²) >= 11 is 5.95. The van der Waals surface area contributed by atoms with Crippen molar-refractivity contribution in [2.24, 2.45) is 0 Å². The van der Waals surface area contributed by atoms with Crippen molar-refractivity contribution < 1.29 is 22.6 Å². The molecule has 0 aliphatic heterocycles. The maximum Gasteiger partial charge on any atom is 0.434 e. The molecule has 0 amide bonds. The summed E-state index contributed by atoms with van der Waals surface area (Å²) in [6, 6.07) is 12.3. The lowest BCUT2D eigenvalue weighted by atomic mass is 10.1. The van der Waals surface area contributed by atoms with Gasteiger partial charge < -0.3 is 14.0 Å². The standard InChI is InChI=1S/C22H22ClF3N2O2/c1-14(2)28-12-20(22(24,25)26)27-21(28)18-9-6-16(11-23)10-19(18)30-13-15-4-7-17(29-3)8-5-15/h4-10,12,14H,11,13H2,1-3H3. The van der Waals surface area contributed by atoms with Crippen LogP contribution in [0.15, 0.2) is 48.7 Å². The number of alkyl halides is 4. The second kappa shape index (κ2) is 9.00. The van der Waals surface area contributed by atoms with Crippen molar-refractivity contribution >= 4 is 11.6 Å². The van der Waals surface area contributed by atoms with Crippen LogP contribution in [0, 0.1) is 0 Å². The largest absolute Gasteiger partial charge is 0.497 e. The Morgan fingerprint density at radius 1 is 1.07 bits per heavy atom. The van der Waals surface area contributed by atoms with Gasteiger partial charge in [0.25, 0.3) is 0 Å². The van der Waals surface area contributed by atoms with Gasteiger partial charge >= 0.3 is 6.18 Å². The van der Waals surface area contributed by atoms with Gasteiger partial charge in [0.15, 0.2) is 5.69 Å². The molecule has 0 unspecified atom stereocenters. The molecule has 0 saturated carbocycles. The summed E-state index contributed by atoms with van der Waals surface area (Å²) in [6.45, 7) is 3.84. The van der Waals surface area contributed by atoms with Gasteiger partial charge in [0.1, 0.15) is 23.9 Å². The third-order valence-electron chi connectivity index (χ3n) is 4.57. The summed E-state index contributed by atoms with van der Waals surface area (Å²) < 4.78 is 52.5. The minimum absolute atomic E-state index is 0.197. The number of methoxy groups -OCH3 is 1. The van der Waals surface area contributed by atoms with Crippen molar-refractivity contribution in [3.05, 3.63) is 65.5 Å². The minimum atomic E-state index is -4.53. The highest BCUT2D eigenvalue weighted by molar-refractivity contribution is 6.17. The van der Waals surface area contributed by atoms with E-state index in [2.05, 4.69) is 4.98 Å². The Kier molecular flexibility index (Phi) is 6.61. The highest BCUT2D eigenvalue weighted by Crippen LogP contribution is 2.37. The fraction of sp³-hybridized carbons (Fsp3) is 0.318. The predicted molar refractivity (Wildman–Crippen MR) is 110 cm³/mol. The maximum atomic E-state index is 13.3. The van der Waals surface area contributed by atoms with Crippen LogP contribution in [0.5, 0.6) is 11.5 Å². The molecule has 4 nitrogen and oxygen atoms in total. The number of aromatic nitrogens is 2. The highest BCUT2D eigenvalue weighted by Gasteiger charge is 2.35. The van der Waals surface area contributed by atoms with Gasteiger partial charge in [0, 0.05) is 18.1 Å². The van der Waals surface area contributed by atoms with Crippen molar-refractivity contribution in [2.45, 2.75) is 38.6 Å². The van der Waals surface area contributed by atoms with E-state index in [1.54, 1.807) is 39.2 Å². The summed E-state index contributed by atoms with van der Waals surface area (Å²) in [5.41, 5.74) is 1.22. The van der Waals surface area contributed by atoms with Crippen molar-refractivity contribution in [1.29, 1.82) is 0 Å². The Balaban J connectivity index is 2.00. The molecule has 0 atom stereocenters. The van der Waals surface area contributed by atoms with E-state index in [9.17, 15) is 13.2 Å². The molecule has 0 bridgehead atoms. The third kappa shape index (κ3) is 4.90. The second-order valence-corrected chi connectivity index (χ2v) is 7.32. The first kappa shape index (κ1) is 22.0. The van der Waals surface area contributed by atoms with E-state index < -0.39 is 11.9 Å². The van der Waals surface area contributed by atoms with E-state index in [0.29, 0.717) is 11.3 Å². The number of hydrogen-bond donors (Lipinski definition) is 0. The third-order valence-corrected chi connectivity index (χ3v) is 4.88. The van der Waals surface area contributed by atoms with Gasteiger partial charge in [-0.2, -0.15) is 13.2 Å². The first-order valence-corrected chi connectivity index (χ1v) is 9.87. The molecule has 0 radical (unpaired) electrons.